The molecule has 0 N–H and O–H groups in total. The lowest BCUT2D eigenvalue weighted by Gasteiger charge is -2.22. The third kappa shape index (κ3) is 19.3. The molecule has 0 aliphatic heterocycles. The average molecular weight is 1780 g/mol. The van der Waals surface area contributed by atoms with Crippen molar-refractivity contribution in [1.29, 1.82) is 0 Å². The molecule has 0 fully saturated rings. The second-order valence-electron chi connectivity index (χ2n) is 36.3. The largest absolute Gasteiger partial charge is 0.464 e. The van der Waals surface area contributed by atoms with E-state index in [1.807, 2.05) is 55.5 Å². The van der Waals surface area contributed by atoms with Gasteiger partial charge in [-0.3, -0.25) is 0 Å². The van der Waals surface area contributed by atoms with Gasteiger partial charge in [-0.1, -0.05) is 193 Å². The van der Waals surface area contributed by atoms with Crippen molar-refractivity contribution in [3.63, 3.8) is 0 Å². The summed E-state index contributed by atoms with van der Waals surface area (Å²) in [7, 11) is 10.6. The van der Waals surface area contributed by atoms with Crippen molar-refractivity contribution in [2.45, 2.75) is 90.0 Å². The van der Waals surface area contributed by atoms with Crippen LogP contribution in [0.15, 0.2) is 393 Å². The number of fused-ring (bicyclic) bond motifs is 9. The van der Waals surface area contributed by atoms with Crippen molar-refractivity contribution in [3.05, 3.63) is 443 Å². The monoisotopic (exact) mass is 1780 g/mol. The first-order chi connectivity index (χ1) is 65.8. The summed E-state index contributed by atoms with van der Waals surface area (Å²) in [5.74, 6) is 0.990. The Hall–Kier alpha value is -16.0. The van der Waals surface area contributed by atoms with E-state index in [9.17, 15) is 0 Å². The fourth-order valence-electron chi connectivity index (χ4n) is 18.1. The molecule has 10 heteroatoms. The molecule has 136 heavy (non-hydrogen) atoms. The van der Waals surface area contributed by atoms with Gasteiger partial charge in [0, 0.05) is 130 Å². The van der Waals surface area contributed by atoms with E-state index in [-0.39, 0.29) is 0 Å². The number of benzene rings is 17. The summed E-state index contributed by atoms with van der Waals surface area (Å²) >= 11 is 0. The van der Waals surface area contributed by atoms with Crippen molar-refractivity contribution in [2.24, 2.45) is 0 Å². The molecule has 22 rings (SSSR count). The molecule has 0 amide bonds. The lowest BCUT2D eigenvalue weighted by molar-refractivity contribution is 0.575. The molecule has 0 saturated carbocycles. The zero-order chi connectivity index (χ0) is 94.7. The fourth-order valence-corrected chi connectivity index (χ4v) is 18.1. The maximum Gasteiger partial charge on any atom is 0.135 e. The van der Waals surface area contributed by atoms with Crippen LogP contribution >= 0.6 is 0 Å². The molecule has 0 bridgehead atoms. The Bertz CT molecular complexity index is 8100. The number of furan rings is 5. The Morgan fingerprint density at radius 3 is 0.787 bits per heavy atom. The highest BCUT2D eigenvalue weighted by Crippen LogP contribution is 2.42. The van der Waals surface area contributed by atoms with Crippen LogP contribution in [0.1, 0.15) is 72.5 Å². The van der Waals surface area contributed by atoms with Crippen LogP contribution in [0.3, 0.4) is 0 Å². The van der Waals surface area contributed by atoms with Gasteiger partial charge in [0.05, 0.1) is 12.5 Å². The number of rotatable bonds is 15. The van der Waals surface area contributed by atoms with Crippen molar-refractivity contribution < 1.29 is 22.1 Å². The van der Waals surface area contributed by atoms with Crippen LogP contribution in [0.5, 0.6) is 0 Å². The summed E-state index contributed by atoms with van der Waals surface area (Å²) in [6.45, 7) is 27.9. The van der Waals surface area contributed by atoms with E-state index >= 15 is 0 Å². The number of hydrogen-bond acceptors (Lipinski definition) is 10. The van der Waals surface area contributed by atoms with Gasteiger partial charge in [0.2, 0.25) is 0 Å². The van der Waals surface area contributed by atoms with Crippen molar-refractivity contribution in [3.8, 4) is 55.6 Å². The van der Waals surface area contributed by atoms with Gasteiger partial charge in [0.1, 0.15) is 44.8 Å². The van der Waals surface area contributed by atoms with Crippen LogP contribution in [0, 0.1) is 90.0 Å². The topological polar surface area (TPSA) is 81.9 Å². The minimum absolute atomic E-state index is 0.918. The van der Waals surface area contributed by atoms with E-state index in [4.69, 9.17) is 22.1 Å². The summed E-state index contributed by atoms with van der Waals surface area (Å²) in [5, 5.41) is 8.04. The molecule has 0 unspecified atom stereocenters. The minimum atomic E-state index is 0.918. The molecule has 0 saturated heterocycles. The van der Waals surface area contributed by atoms with Crippen LogP contribution in [0.25, 0.3) is 132 Å². The Morgan fingerprint density at radius 2 is 0.441 bits per heavy atom. The maximum absolute atomic E-state index is 5.98. The Balaban J connectivity index is 0.000000113. The molecule has 0 atom stereocenters. The van der Waals surface area contributed by atoms with Crippen LogP contribution in [0.4, 0.5) is 56.9 Å². The zero-order valence-corrected chi connectivity index (χ0v) is 81.0. The van der Waals surface area contributed by atoms with Gasteiger partial charge in [-0.05, 0) is 377 Å². The zero-order valence-electron chi connectivity index (χ0n) is 81.0. The molecule has 22 aromatic rings. The van der Waals surface area contributed by atoms with E-state index in [2.05, 4.69) is 452 Å². The van der Waals surface area contributed by atoms with E-state index in [1.54, 1.807) is 12.5 Å². The first-order valence-corrected chi connectivity index (χ1v) is 46.6. The molecule has 0 radical (unpaired) electrons. The molecule has 0 aliphatic carbocycles. The van der Waals surface area contributed by atoms with E-state index in [1.165, 1.54) is 151 Å². The second-order valence-corrected chi connectivity index (χ2v) is 36.3. The molecule has 10 nitrogen and oxygen atoms in total. The second kappa shape index (κ2) is 39.0. The first-order valence-electron chi connectivity index (χ1n) is 46.6. The Morgan fingerprint density at radius 1 is 0.176 bits per heavy atom. The van der Waals surface area contributed by atoms with Gasteiger partial charge >= 0.3 is 0 Å². The van der Waals surface area contributed by atoms with Gasteiger partial charge in [-0.25, -0.2) is 0 Å². The molecule has 674 valence electrons. The van der Waals surface area contributed by atoms with Crippen molar-refractivity contribution in [2.75, 3.05) is 59.7 Å². The summed E-state index contributed by atoms with van der Waals surface area (Å²) in [4.78, 5) is 11.1. The summed E-state index contributed by atoms with van der Waals surface area (Å²) in [6.07, 6.45) is 3.46. The standard InChI is InChI=1S/C28H25NO.C26H21NO.C26H27NO.C24H23NO.C22H19NO/c1-18-9-10-21(15-19(18)2)22-11-13-26(20(3)16-22)29(4)23-12-14-28-25(17-23)24-7-5-6-8-27(24)30-28;1-18-7-9-19(10-8-18)20-11-13-21(14-12-20)27(2)22-15-16-26-24(17-22)23-5-3-4-6-25(23)28-26;1-16-7-8-21(13-17(16)2)22-9-11-25(18(3)14-22)27(6)23-10-12-26-24(15-23)19(4)20(5)28-26;1-16-5-6-19(13-17(16)2)20-7-9-23(18(3)14-20)25(4)22-8-10-24-21(15-22)11-12-26-24;1-16-3-5-17(6-4-16)18-7-9-20(10-8-18)23(2)21-11-12-22-19(15-21)13-14-24-22/h5-17H,1-4H3;3-17H,1-2H3;7-15H,1-6H3;5-15H,1-4H3;3-15H,1-2H3. The van der Waals surface area contributed by atoms with Gasteiger partial charge in [0.25, 0.3) is 0 Å². The van der Waals surface area contributed by atoms with E-state index in [0.29, 0.717) is 0 Å². The highest BCUT2D eigenvalue weighted by molar-refractivity contribution is 6.07. The quantitative estimate of drug-likeness (QED) is 0.0990. The predicted octanol–water partition coefficient (Wildman–Crippen LogP) is 35.7. The van der Waals surface area contributed by atoms with Gasteiger partial charge < -0.3 is 46.6 Å². The number of aryl methyl sites for hydroxylation is 13. The lowest BCUT2D eigenvalue weighted by Crippen LogP contribution is -2.10. The summed E-state index contributed by atoms with van der Waals surface area (Å²) in [5.41, 5.74) is 46.2. The third-order valence-electron chi connectivity index (χ3n) is 27.2. The molecule has 5 heterocycles. The summed E-state index contributed by atoms with van der Waals surface area (Å²) in [6, 6.07) is 127. The predicted molar refractivity (Wildman–Crippen MR) is 577 cm³/mol. The van der Waals surface area contributed by atoms with Gasteiger partial charge in [0.15, 0.2) is 0 Å². The molecular weight excluding hydrogens is 1660 g/mol. The maximum atomic E-state index is 5.98. The third-order valence-corrected chi connectivity index (χ3v) is 27.2. The van der Waals surface area contributed by atoms with E-state index < -0.39 is 0 Å². The number of hydrogen-bond donors (Lipinski definition) is 0. The average Bonchev–Trinajstić information content (AvgIpc) is 1.77. The molecular formula is C126H115N5O5. The Kier molecular flexibility index (Phi) is 26.0. The SMILES string of the molecule is Cc1ccc(-c2ccc(N(C)c3ccc4oc(C)c(C)c4c3)c(C)c2)cc1C.Cc1ccc(-c2ccc(N(C)c3ccc4oc5ccccc5c4c3)c(C)c2)cc1C.Cc1ccc(-c2ccc(N(C)c3ccc4oc5ccccc5c4c3)cc2)cc1.Cc1ccc(-c2ccc(N(C)c3ccc4occc4c3)c(C)c2)cc1C.Cc1ccc(-c2ccc(N(C)c3ccc4occc4c3)cc2)cc1. The highest BCUT2D eigenvalue weighted by Gasteiger charge is 2.20. The number of anilines is 10. The van der Waals surface area contributed by atoms with Crippen LogP contribution in [-0.2, 0) is 0 Å². The van der Waals surface area contributed by atoms with Crippen LogP contribution in [-0.4, -0.2) is 35.2 Å². The summed E-state index contributed by atoms with van der Waals surface area (Å²) < 4.78 is 28.6. The lowest BCUT2D eigenvalue weighted by atomic mass is 9.98. The first kappa shape index (κ1) is 90.5. The van der Waals surface area contributed by atoms with Gasteiger partial charge in [-0.2, -0.15) is 0 Å². The van der Waals surface area contributed by atoms with Crippen LogP contribution in [0.2, 0.25) is 0 Å². The molecule has 17 aromatic carbocycles. The molecule has 5 aromatic heterocycles. The normalized spacial score (nSPS) is 11.2. The van der Waals surface area contributed by atoms with Crippen LogP contribution < -0.4 is 24.5 Å². The number of para-hydroxylation sites is 2. The minimum Gasteiger partial charge on any atom is -0.464 e. The van der Waals surface area contributed by atoms with Crippen molar-refractivity contribution in [1.82, 2.24) is 0 Å². The smallest absolute Gasteiger partial charge is 0.135 e. The highest BCUT2D eigenvalue weighted by atomic mass is 16.3. The fraction of sp³-hybridized carbons (Fsp3) is 0.143. The van der Waals surface area contributed by atoms with Crippen molar-refractivity contribution >= 4 is 134 Å². The van der Waals surface area contributed by atoms with Gasteiger partial charge in [-0.15, -0.1) is 0 Å². The van der Waals surface area contributed by atoms with E-state index in [0.717, 1.165) is 111 Å². The Labute approximate surface area is 798 Å². The molecule has 0 spiro atoms. The number of nitrogens with zero attached hydrogens (tertiary/aromatic N) is 5. The molecule has 0 aliphatic rings.